The molecule has 106 valence electrons. The van der Waals surface area contributed by atoms with Crippen LogP contribution in [0.25, 0.3) is 0 Å². The Kier molecular flexibility index (Phi) is 4.93. The third-order valence-corrected chi connectivity index (χ3v) is 3.58. The number of aromatic nitrogens is 2. The maximum Gasteiger partial charge on any atom is 0.269 e. The molecule has 2 heterocycles. The van der Waals surface area contributed by atoms with Gasteiger partial charge in [0.2, 0.25) is 0 Å². The fraction of sp³-hybridized carbons (Fsp3) is 0.692. The van der Waals surface area contributed by atoms with Crippen LogP contribution in [0, 0.1) is 5.92 Å². The fourth-order valence-corrected chi connectivity index (χ4v) is 2.41. The molecular formula is C13H22N4O2. The summed E-state index contributed by atoms with van der Waals surface area (Å²) in [7, 11) is 3.55. The maximum atomic E-state index is 11.9. The topological polar surface area (TPSA) is 59.4 Å². The van der Waals surface area contributed by atoms with E-state index in [4.69, 9.17) is 4.74 Å². The number of nitrogens with one attached hydrogen (secondary N) is 1. The molecule has 1 aliphatic heterocycles. The Morgan fingerprint density at radius 1 is 1.63 bits per heavy atom. The smallest absolute Gasteiger partial charge is 0.269 e. The summed E-state index contributed by atoms with van der Waals surface area (Å²) in [5.41, 5.74) is 0.606. The van der Waals surface area contributed by atoms with Gasteiger partial charge in [0.05, 0.1) is 19.1 Å². The second-order valence-electron chi connectivity index (χ2n) is 5.05. The van der Waals surface area contributed by atoms with E-state index in [0.717, 1.165) is 39.2 Å². The number of aryl methyl sites for hydroxylation is 1. The van der Waals surface area contributed by atoms with Gasteiger partial charge in [-0.05, 0) is 18.9 Å². The maximum absolute atomic E-state index is 11.9. The Morgan fingerprint density at radius 2 is 2.47 bits per heavy atom. The Hall–Kier alpha value is -1.40. The number of hydrogen-bond donors (Lipinski definition) is 1. The molecule has 1 saturated heterocycles. The average molecular weight is 266 g/mol. The highest BCUT2D eigenvalue weighted by Gasteiger charge is 2.22. The first-order chi connectivity index (χ1) is 9.20. The summed E-state index contributed by atoms with van der Waals surface area (Å²) in [6.07, 6.45) is 4.36. The van der Waals surface area contributed by atoms with Crippen molar-refractivity contribution in [2.24, 2.45) is 13.0 Å². The van der Waals surface area contributed by atoms with Crippen LogP contribution in [0.15, 0.2) is 12.5 Å². The molecule has 1 atom stereocenters. The van der Waals surface area contributed by atoms with Crippen LogP contribution in [0.4, 0.5) is 0 Å². The number of nitrogens with zero attached hydrogens (tertiary/aromatic N) is 3. The van der Waals surface area contributed by atoms with Crippen molar-refractivity contribution < 1.29 is 9.53 Å². The Bertz CT molecular complexity index is 419. The van der Waals surface area contributed by atoms with Gasteiger partial charge in [0.1, 0.15) is 5.69 Å². The van der Waals surface area contributed by atoms with E-state index in [1.54, 1.807) is 24.2 Å². The quantitative estimate of drug-likeness (QED) is 0.794. The third-order valence-electron chi connectivity index (χ3n) is 3.58. The number of rotatable bonds is 6. The zero-order valence-electron chi connectivity index (χ0n) is 11.6. The average Bonchev–Trinajstić information content (AvgIpc) is 3.02. The number of likely N-dealkylation sites (tertiary alicyclic amines) is 1. The largest absolute Gasteiger partial charge is 0.383 e. The molecule has 6 nitrogen and oxygen atoms in total. The van der Waals surface area contributed by atoms with E-state index in [0.29, 0.717) is 11.6 Å². The molecule has 0 spiro atoms. The second kappa shape index (κ2) is 6.68. The number of amides is 1. The highest BCUT2D eigenvalue weighted by molar-refractivity contribution is 5.92. The molecule has 1 aliphatic rings. The Morgan fingerprint density at radius 3 is 3.16 bits per heavy atom. The molecular weight excluding hydrogens is 244 g/mol. The Balaban J connectivity index is 1.72. The van der Waals surface area contributed by atoms with Crippen LogP contribution in [0.3, 0.4) is 0 Å². The summed E-state index contributed by atoms with van der Waals surface area (Å²) in [5.74, 6) is 0.490. The van der Waals surface area contributed by atoms with E-state index < -0.39 is 0 Å². The van der Waals surface area contributed by atoms with Gasteiger partial charge in [0, 0.05) is 33.8 Å². The first-order valence-electron chi connectivity index (χ1n) is 6.66. The van der Waals surface area contributed by atoms with Crippen molar-refractivity contribution in [3.8, 4) is 0 Å². The molecule has 0 saturated carbocycles. The zero-order chi connectivity index (χ0) is 13.7. The van der Waals surface area contributed by atoms with E-state index in [1.807, 2.05) is 7.05 Å². The molecule has 1 aromatic rings. The van der Waals surface area contributed by atoms with Gasteiger partial charge in [-0.3, -0.25) is 4.79 Å². The van der Waals surface area contributed by atoms with Gasteiger partial charge in [0.15, 0.2) is 0 Å². The van der Waals surface area contributed by atoms with E-state index in [9.17, 15) is 4.79 Å². The molecule has 0 aliphatic carbocycles. The Labute approximate surface area is 113 Å². The van der Waals surface area contributed by atoms with E-state index >= 15 is 0 Å². The lowest BCUT2D eigenvalue weighted by Crippen LogP contribution is -2.32. The summed E-state index contributed by atoms with van der Waals surface area (Å²) >= 11 is 0. The van der Waals surface area contributed by atoms with Crippen molar-refractivity contribution in [2.45, 2.75) is 6.42 Å². The van der Waals surface area contributed by atoms with E-state index in [1.165, 1.54) is 0 Å². The highest BCUT2D eigenvalue weighted by Crippen LogP contribution is 2.14. The van der Waals surface area contributed by atoms with Gasteiger partial charge in [-0.15, -0.1) is 0 Å². The van der Waals surface area contributed by atoms with Crippen LogP contribution in [0.5, 0.6) is 0 Å². The van der Waals surface area contributed by atoms with Crippen molar-refractivity contribution in [3.05, 3.63) is 18.2 Å². The number of methoxy groups -OCH3 is 1. The van der Waals surface area contributed by atoms with Crippen LogP contribution in [-0.4, -0.2) is 60.3 Å². The predicted octanol–water partition coefficient (Wildman–Crippen LogP) is 0.118. The predicted molar refractivity (Wildman–Crippen MR) is 72.0 cm³/mol. The van der Waals surface area contributed by atoms with Gasteiger partial charge in [-0.2, -0.15) is 0 Å². The van der Waals surface area contributed by atoms with Crippen molar-refractivity contribution in [1.29, 1.82) is 0 Å². The van der Waals surface area contributed by atoms with Crippen molar-refractivity contribution in [1.82, 2.24) is 19.8 Å². The monoisotopic (exact) mass is 266 g/mol. The number of carbonyl (C=O) groups is 1. The van der Waals surface area contributed by atoms with Gasteiger partial charge >= 0.3 is 0 Å². The van der Waals surface area contributed by atoms with Gasteiger partial charge in [-0.1, -0.05) is 0 Å². The van der Waals surface area contributed by atoms with Crippen LogP contribution in [-0.2, 0) is 11.8 Å². The minimum Gasteiger partial charge on any atom is -0.383 e. The molecule has 1 fully saturated rings. The summed E-state index contributed by atoms with van der Waals surface area (Å²) in [5, 5.41) is 2.99. The molecule has 1 aromatic heterocycles. The lowest BCUT2D eigenvalue weighted by molar-refractivity contribution is 0.0938. The van der Waals surface area contributed by atoms with Crippen LogP contribution < -0.4 is 5.32 Å². The lowest BCUT2D eigenvalue weighted by atomic mass is 10.1. The SMILES string of the molecule is COCCN1CCC(CNC(=O)c2cncn2C)C1. The number of ether oxygens (including phenoxy) is 1. The van der Waals surface area contributed by atoms with Gasteiger partial charge in [-0.25, -0.2) is 4.98 Å². The molecule has 1 N–H and O–H groups in total. The number of carbonyl (C=O) groups excluding carboxylic acids is 1. The zero-order valence-corrected chi connectivity index (χ0v) is 11.6. The molecule has 2 rings (SSSR count). The summed E-state index contributed by atoms with van der Waals surface area (Å²) in [6.45, 7) is 4.61. The minimum absolute atomic E-state index is 0.0460. The first-order valence-corrected chi connectivity index (χ1v) is 6.66. The van der Waals surface area contributed by atoms with Gasteiger partial charge in [0.25, 0.3) is 5.91 Å². The lowest BCUT2D eigenvalue weighted by Gasteiger charge is -2.15. The molecule has 0 aromatic carbocycles. The summed E-state index contributed by atoms with van der Waals surface area (Å²) < 4.78 is 6.81. The van der Waals surface area contributed by atoms with Crippen LogP contribution in [0.2, 0.25) is 0 Å². The van der Waals surface area contributed by atoms with E-state index in [2.05, 4.69) is 15.2 Å². The van der Waals surface area contributed by atoms with Crippen molar-refractivity contribution >= 4 is 5.91 Å². The molecule has 6 heteroatoms. The van der Waals surface area contributed by atoms with Gasteiger partial charge < -0.3 is 19.5 Å². The molecule has 1 amide bonds. The van der Waals surface area contributed by atoms with Crippen molar-refractivity contribution in [2.75, 3.05) is 39.9 Å². The molecule has 19 heavy (non-hydrogen) atoms. The molecule has 0 radical (unpaired) electrons. The standard InChI is InChI=1S/C13H22N4O2/c1-16-10-14-8-12(16)13(18)15-7-11-3-4-17(9-11)5-6-19-2/h8,10-11H,3-7,9H2,1-2H3,(H,15,18). The highest BCUT2D eigenvalue weighted by atomic mass is 16.5. The third kappa shape index (κ3) is 3.78. The van der Waals surface area contributed by atoms with Crippen LogP contribution in [0.1, 0.15) is 16.9 Å². The minimum atomic E-state index is -0.0460. The fourth-order valence-electron chi connectivity index (χ4n) is 2.41. The van der Waals surface area contributed by atoms with Crippen LogP contribution >= 0.6 is 0 Å². The summed E-state index contributed by atoms with van der Waals surface area (Å²) in [6, 6.07) is 0. The van der Waals surface area contributed by atoms with Crippen molar-refractivity contribution in [3.63, 3.8) is 0 Å². The number of hydrogen-bond acceptors (Lipinski definition) is 4. The second-order valence-corrected chi connectivity index (χ2v) is 5.05. The molecule has 1 unspecified atom stereocenters. The first kappa shape index (κ1) is 14.0. The normalized spacial score (nSPS) is 19.8. The van der Waals surface area contributed by atoms with E-state index in [-0.39, 0.29) is 5.91 Å². The summed E-state index contributed by atoms with van der Waals surface area (Å²) in [4.78, 5) is 18.3. The molecule has 0 bridgehead atoms. The number of imidazole rings is 1.